The summed E-state index contributed by atoms with van der Waals surface area (Å²) in [6, 6.07) is 0. The molecule has 1 heterocycles. The first-order valence-electron chi connectivity index (χ1n) is 3.59. The van der Waals surface area contributed by atoms with Gasteiger partial charge in [-0.3, -0.25) is 4.79 Å². The quantitative estimate of drug-likeness (QED) is 0.590. The number of hydrogen-bond acceptors (Lipinski definition) is 3. The fraction of sp³-hybridized carbons (Fsp3) is 0.857. The summed E-state index contributed by atoms with van der Waals surface area (Å²) < 4.78 is 5.08. The van der Waals surface area contributed by atoms with E-state index < -0.39 is 11.4 Å². The van der Waals surface area contributed by atoms with Crippen LogP contribution in [0.5, 0.6) is 0 Å². The number of ether oxygens (including phenoxy) is 1. The zero-order valence-electron chi connectivity index (χ0n) is 6.41. The molecule has 0 aromatic rings. The molecule has 0 aliphatic carbocycles. The predicted molar refractivity (Wildman–Crippen MR) is 37.2 cm³/mol. The monoisotopic (exact) mass is 160 g/mol. The van der Waals surface area contributed by atoms with Gasteiger partial charge in [-0.25, -0.2) is 0 Å². The first-order chi connectivity index (χ1) is 5.13. The molecule has 0 aromatic carbocycles. The molecule has 4 nitrogen and oxygen atoms in total. The van der Waals surface area contributed by atoms with Crippen LogP contribution < -0.4 is 0 Å². The van der Waals surface area contributed by atoms with Crippen LogP contribution in [0, 0.1) is 5.41 Å². The van der Waals surface area contributed by atoms with Gasteiger partial charge in [0.1, 0.15) is 5.41 Å². The number of carboxylic acids is 1. The second-order valence-electron chi connectivity index (χ2n) is 2.88. The van der Waals surface area contributed by atoms with Gasteiger partial charge in [0.2, 0.25) is 0 Å². The molecule has 2 unspecified atom stereocenters. The molecule has 0 aromatic heterocycles. The predicted octanol–water partition coefficient (Wildman–Crippen LogP) is -0.142. The van der Waals surface area contributed by atoms with Crippen LogP contribution in [0.15, 0.2) is 0 Å². The van der Waals surface area contributed by atoms with Crippen LogP contribution >= 0.6 is 0 Å². The highest BCUT2D eigenvalue weighted by molar-refractivity contribution is 5.76. The molecule has 0 spiro atoms. The Morgan fingerprint density at radius 1 is 1.82 bits per heavy atom. The van der Waals surface area contributed by atoms with Gasteiger partial charge in [-0.05, 0) is 13.3 Å². The molecule has 11 heavy (non-hydrogen) atoms. The highest BCUT2D eigenvalue weighted by atomic mass is 16.5. The SMILES string of the molecule is CC1OCCC1(CO)C(=O)O. The maximum Gasteiger partial charge on any atom is 0.314 e. The average Bonchev–Trinajstić information content (AvgIpc) is 2.32. The Hall–Kier alpha value is -0.610. The number of rotatable bonds is 2. The van der Waals surface area contributed by atoms with Crippen molar-refractivity contribution in [1.29, 1.82) is 0 Å². The number of hydrogen-bond donors (Lipinski definition) is 2. The molecule has 64 valence electrons. The smallest absolute Gasteiger partial charge is 0.314 e. The zero-order valence-corrected chi connectivity index (χ0v) is 6.41. The van der Waals surface area contributed by atoms with Crippen molar-refractivity contribution in [2.45, 2.75) is 19.4 Å². The van der Waals surface area contributed by atoms with Crippen LogP contribution in [0.4, 0.5) is 0 Å². The molecule has 4 heteroatoms. The largest absolute Gasteiger partial charge is 0.481 e. The van der Waals surface area contributed by atoms with Gasteiger partial charge >= 0.3 is 5.97 Å². The Kier molecular flexibility index (Phi) is 2.15. The second-order valence-corrected chi connectivity index (χ2v) is 2.88. The van der Waals surface area contributed by atoms with Crippen LogP contribution in [0.3, 0.4) is 0 Å². The molecule has 0 saturated carbocycles. The summed E-state index contributed by atoms with van der Waals surface area (Å²) in [5.74, 6) is -0.968. The average molecular weight is 160 g/mol. The zero-order chi connectivity index (χ0) is 8.48. The summed E-state index contributed by atoms with van der Waals surface area (Å²) in [6.07, 6.45) is 0.0185. The molecule has 1 rings (SSSR count). The molecule has 2 N–H and O–H groups in total. The lowest BCUT2D eigenvalue weighted by Crippen LogP contribution is -2.40. The minimum atomic E-state index is -1.06. The van der Waals surface area contributed by atoms with E-state index in [1.165, 1.54) is 0 Å². The fourth-order valence-corrected chi connectivity index (χ4v) is 1.34. The fourth-order valence-electron chi connectivity index (χ4n) is 1.34. The van der Waals surface area contributed by atoms with Gasteiger partial charge in [-0.15, -0.1) is 0 Å². The van der Waals surface area contributed by atoms with E-state index in [1.807, 2.05) is 0 Å². The van der Waals surface area contributed by atoms with Crippen LogP contribution in [-0.2, 0) is 9.53 Å². The van der Waals surface area contributed by atoms with Crippen molar-refractivity contribution < 1.29 is 19.7 Å². The molecule has 0 radical (unpaired) electrons. The maximum atomic E-state index is 10.7. The highest BCUT2D eigenvalue weighted by Crippen LogP contribution is 2.34. The standard InChI is InChI=1S/C7H12O4/c1-5-7(4-8,6(9)10)2-3-11-5/h5,8H,2-4H2,1H3,(H,9,10). The van der Waals surface area contributed by atoms with Crippen molar-refractivity contribution in [3.05, 3.63) is 0 Å². The number of aliphatic carboxylic acids is 1. The molecule has 0 amide bonds. The van der Waals surface area contributed by atoms with Crippen LogP contribution in [-0.4, -0.2) is 35.5 Å². The molecule has 0 bridgehead atoms. The summed E-state index contributed by atoms with van der Waals surface area (Å²) in [7, 11) is 0. The van der Waals surface area contributed by atoms with E-state index in [4.69, 9.17) is 14.9 Å². The number of carbonyl (C=O) groups is 1. The van der Waals surface area contributed by atoms with Gasteiger partial charge in [-0.2, -0.15) is 0 Å². The van der Waals surface area contributed by atoms with Crippen LogP contribution in [0.2, 0.25) is 0 Å². The Balaban J connectivity index is 2.82. The Morgan fingerprint density at radius 2 is 2.45 bits per heavy atom. The third-order valence-electron chi connectivity index (χ3n) is 2.40. The van der Waals surface area contributed by atoms with E-state index in [9.17, 15) is 4.79 Å². The molecule has 1 aliphatic heterocycles. The Morgan fingerprint density at radius 3 is 2.64 bits per heavy atom. The van der Waals surface area contributed by atoms with Crippen molar-refractivity contribution >= 4 is 5.97 Å². The van der Waals surface area contributed by atoms with E-state index in [-0.39, 0.29) is 12.7 Å². The van der Waals surface area contributed by atoms with Gasteiger partial charge < -0.3 is 14.9 Å². The number of aliphatic hydroxyl groups is 1. The summed E-state index contributed by atoms with van der Waals surface area (Å²) in [5, 5.41) is 17.7. The topological polar surface area (TPSA) is 66.8 Å². The van der Waals surface area contributed by atoms with E-state index in [2.05, 4.69) is 0 Å². The van der Waals surface area contributed by atoms with Gasteiger partial charge in [0.05, 0.1) is 12.7 Å². The summed E-state index contributed by atoms with van der Waals surface area (Å²) in [4.78, 5) is 10.7. The van der Waals surface area contributed by atoms with Crippen molar-refractivity contribution in [2.24, 2.45) is 5.41 Å². The molecular weight excluding hydrogens is 148 g/mol. The number of carboxylic acid groups (broad SMARTS) is 1. The van der Waals surface area contributed by atoms with Crippen LogP contribution in [0.1, 0.15) is 13.3 Å². The van der Waals surface area contributed by atoms with Crippen LogP contribution in [0.25, 0.3) is 0 Å². The second kappa shape index (κ2) is 2.79. The normalized spacial score (nSPS) is 37.5. The molecular formula is C7H12O4. The first kappa shape index (κ1) is 8.49. The van der Waals surface area contributed by atoms with Crippen molar-refractivity contribution in [2.75, 3.05) is 13.2 Å². The van der Waals surface area contributed by atoms with E-state index in [0.717, 1.165) is 0 Å². The van der Waals surface area contributed by atoms with Crippen molar-refractivity contribution in [3.63, 3.8) is 0 Å². The van der Waals surface area contributed by atoms with E-state index >= 15 is 0 Å². The third-order valence-corrected chi connectivity index (χ3v) is 2.40. The van der Waals surface area contributed by atoms with E-state index in [0.29, 0.717) is 13.0 Å². The summed E-state index contributed by atoms with van der Waals surface area (Å²) in [6.45, 7) is 1.76. The lowest BCUT2D eigenvalue weighted by Gasteiger charge is -2.24. The lowest BCUT2D eigenvalue weighted by molar-refractivity contribution is -0.154. The Bertz CT molecular complexity index is 168. The van der Waals surface area contributed by atoms with Crippen molar-refractivity contribution in [3.8, 4) is 0 Å². The van der Waals surface area contributed by atoms with E-state index in [1.54, 1.807) is 6.92 Å². The minimum absolute atomic E-state index is 0.344. The summed E-state index contributed by atoms with van der Waals surface area (Å²) >= 11 is 0. The molecule has 1 fully saturated rings. The highest BCUT2D eigenvalue weighted by Gasteiger charge is 2.47. The van der Waals surface area contributed by atoms with Gasteiger partial charge in [0, 0.05) is 6.61 Å². The van der Waals surface area contributed by atoms with Gasteiger partial charge in [-0.1, -0.05) is 0 Å². The molecule has 2 atom stereocenters. The Labute approximate surface area is 64.8 Å². The molecule has 1 aliphatic rings. The van der Waals surface area contributed by atoms with Gasteiger partial charge in [0.15, 0.2) is 0 Å². The third kappa shape index (κ3) is 1.12. The number of aliphatic hydroxyl groups excluding tert-OH is 1. The van der Waals surface area contributed by atoms with Gasteiger partial charge in [0.25, 0.3) is 0 Å². The van der Waals surface area contributed by atoms with Crippen molar-refractivity contribution in [1.82, 2.24) is 0 Å². The molecule has 1 saturated heterocycles. The first-order valence-corrected chi connectivity index (χ1v) is 3.59. The lowest BCUT2D eigenvalue weighted by atomic mass is 9.83. The summed E-state index contributed by atoms with van der Waals surface area (Å²) in [5.41, 5.74) is -1.06. The minimum Gasteiger partial charge on any atom is -0.481 e. The maximum absolute atomic E-state index is 10.7.